The van der Waals surface area contributed by atoms with Gasteiger partial charge in [-0.1, -0.05) is 48.1 Å². The van der Waals surface area contributed by atoms with Crippen molar-refractivity contribution in [3.63, 3.8) is 0 Å². The van der Waals surface area contributed by atoms with Gasteiger partial charge in [-0.15, -0.1) is 0 Å². The Kier molecular flexibility index (Phi) is 9.35. The van der Waals surface area contributed by atoms with Crippen molar-refractivity contribution in [3.8, 4) is 11.5 Å². The van der Waals surface area contributed by atoms with E-state index in [9.17, 15) is 9.59 Å². The SMILES string of the molecule is COC(=O)CCC(=S)C1c2cc(OCc3ccc4ccc(Cl)cc4n3)ccc2OCC1Cc1cccc(C(=O)OC)c1. The van der Waals surface area contributed by atoms with E-state index in [0.717, 1.165) is 38.3 Å². The van der Waals surface area contributed by atoms with Crippen LogP contribution in [0.4, 0.5) is 0 Å². The number of carbonyl (C=O) groups is 2. The predicted octanol–water partition coefficient (Wildman–Crippen LogP) is 6.91. The Balaban J connectivity index is 1.40. The maximum Gasteiger partial charge on any atom is 0.337 e. The first kappa shape index (κ1) is 29.5. The fourth-order valence-corrected chi connectivity index (χ4v) is 5.84. The predicted molar refractivity (Wildman–Crippen MR) is 165 cm³/mol. The third-order valence-electron chi connectivity index (χ3n) is 7.34. The number of fused-ring (bicyclic) bond motifs is 2. The summed E-state index contributed by atoms with van der Waals surface area (Å²) < 4.78 is 22.1. The average molecular weight is 604 g/mol. The molecule has 0 amide bonds. The van der Waals surface area contributed by atoms with Crippen LogP contribution in [0.2, 0.25) is 5.02 Å². The van der Waals surface area contributed by atoms with E-state index < -0.39 is 5.97 Å². The molecule has 5 rings (SSSR count). The number of pyridine rings is 1. The number of aromatic nitrogens is 1. The molecule has 2 atom stereocenters. The zero-order valence-corrected chi connectivity index (χ0v) is 24.9. The van der Waals surface area contributed by atoms with Crippen LogP contribution in [-0.2, 0) is 27.3 Å². The monoisotopic (exact) mass is 603 g/mol. The summed E-state index contributed by atoms with van der Waals surface area (Å²) in [6, 6.07) is 22.6. The Morgan fingerprint density at radius 1 is 1.00 bits per heavy atom. The van der Waals surface area contributed by atoms with Gasteiger partial charge in [0.2, 0.25) is 0 Å². The molecule has 9 heteroatoms. The Morgan fingerprint density at radius 2 is 1.83 bits per heavy atom. The largest absolute Gasteiger partial charge is 0.493 e. The number of hydrogen-bond donors (Lipinski definition) is 0. The van der Waals surface area contributed by atoms with E-state index in [4.69, 9.17) is 42.8 Å². The molecule has 4 aromatic rings. The lowest BCUT2D eigenvalue weighted by molar-refractivity contribution is -0.140. The molecule has 0 bridgehead atoms. The first-order chi connectivity index (χ1) is 20.3. The third kappa shape index (κ3) is 6.89. The fourth-order valence-electron chi connectivity index (χ4n) is 5.25. The summed E-state index contributed by atoms with van der Waals surface area (Å²) in [5.41, 5.74) is 3.92. The lowest BCUT2D eigenvalue weighted by Gasteiger charge is -2.34. The molecular weight excluding hydrogens is 574 g/mol. The van der Waals surface area contributed by atoms with Gasteiger partial charge in [-0.2, -0.15) is 0 Å². The Hall–Kier alpha value is -4.01. The molecule has 0 saturated heterocycles. The summed E-state index contributed by atoms with van der Waals surface area (Å²) in [4.78, 5) is 29.5. The molecule has 1 aliphatic heterocycles. The quantitative estimate of drug-likeness (QED) is 0.143. The number of methoxy groups -OCH3 is 2. The summed E-state index contributed by atoms with van der Waals surface area (Å²) in [5.74, 6) is 0.467. The minimum atomic E-state index is -0.391. The number of nitrogens with zero attached hydrogens (tertiary/aromatic N) is 1. The molecule has 1 aromatic heterocycles. The van der Waals surface area contributed by atoms with Crippen LogP contribution in [0.5, 0.6) is 11.5 Å². The van der Waals surface area contributed by atoms with E-state index in [0.29, 0.717) is 35.8 Å². The second-order valence-electron chi connectivity index (χ2n) is 10.1. The first-order valence-corrected chi connectivity index (χ1v) is 14.3. The molecule has 3 aromatic carbocycles. The summed E-state index contributed by atoms with van der Waals surface area (Å²) in [6.45, 7) is 0.700. The van der Waals surface area contributed by atoms with Gasteiger partial charge in [0.05, 0.1) is 44.0 Å². The second-order valence-corrected chi connectivity index (χ2v) is 11.1. The molecule has 1 aliphatic rings. The van der Waals surface area contributed by atoms with Crippen molar-refractivity contribution in [1.29, 1.82) is 0 Å². The Bertz CT molecular complexity index is 1640. The average Bonchev–Trinajstić information content (AvgIpc) is 3.01. The highest BCUT2D eigenvalue weighted by molar-refractivity contribution is 7.80. The topological polar surface area (TPSA) is 84.0 Å². The molecule has 0 fully saturated rings. The van der Waals surface area contributed by atoms with Crippen LogP contribution in [0.25, 0.3) is 10.9 Å². The van der Waals surface area contributed by atoms with Crippen LogP contribution in [0, 0.1) is 5.92 Å². The second kappa shape index (κ2) is 13.3. The molecule has 2 heterocycles. The molecule has 216 valence electrons. The van der Waals surface area contributed by atoms with E-state index in [1.807, 2.05) is 66.7 Å². The molecule has 0 N–H and O–H groups in total. The number of thiocarbonyl (C=S) groups is 1. The zero-order valence-electron chi connectivity index (χ0n) is 23.3. The van der Waals surface area contributed by atoms with Gasteiger partial charge < -0.3 is 18.9 Å². The molecule has 0 saturated carbocycles. The normalized spacial score (nSPS) is 15.8. The van der Waals surface area contributed by atoms with E-state index in [-0.39, 0.29) is 30.8 Å². The standard InChI is InChI=1S/C33H30ClNO6S/c1-38-31(36)13-12-30(42)32-23(15-20-4-3-5-22(14-20)33(37)39-2)18-41-29-11-10-26(17-27(29)32)40-19-25-9-7-21-6-8-24(34)16-28(21)35-25/h3-11,14,16-17,23,32H,12-13,15,18-19H2,1-2H3. The van der Waals surface area contributed by atoms with Gasteiger partial charge in [0.25, 0.3) is 0 Å². The number of benzene rings is 3. The van der Waals surface area contributed by atoms with E-state index in [2.05, 4.69) is 4.98 Å². The number of ether oxygens (including phenoxy) is 4. The summed E-state index contributed by atoms with van der Waals surface area (Å²) in [5, 5.41) is 1.63. The van der Waals surface area contributed by atoms with Crippen molar-refractivity contribution in [1.82, 2.24) is 4.98 Å². The zero-order chi connectivity index (χ0) is 29.6. The highest BCUT2D eigenvalue weighted by atomic mass is 35.5. The number of halogens is 1. The summed E-state index contributed by atoms with van der Waals surface area (Å²) >= 11 is 12.1. The molecule has 42 heavy (non-hydrogen) atoms. The van der Waals surface area contributed by atoms with Gasteiger partial charge in [0.1, 0.15) is 18.1 Å². The number of rotatable bonds is 10. The summed E-state index contributed by atoms with van der Waals surface area (Å²) in [6.07, 6.45) is 1.21. The fraction of sp³-hybridized carbons (Fsp3) is 0.273. The number of hydrogen-bond acceptors (Lipinski definition) is 8. The van der Waals surface area contributed by atoms with E-state index in [1.54, 1.807) is 6.07 Å². The Morgan fingerprint density at radius 3 is 2.64 bits per heavy atom. The van der Waals surface area contributed by atoms with Gasteiger partial charge in [0.15, 0.2) is 0 Å². The summed E-state index contributed by atoms with van der Waals surface area (Å²) in [7, 11) is 2.73. The van der Waals surface area contributed by atoms with Crippen molar-refractivity contribution in [3.05, 3.63) is 100 Å². The van der Waals surface area contributed by atoms with Crippen LogP contribution in [0.15, 0.2) is 72.8 Å². The van der Waals surface area contributed by atoms with Gasteiger partial charge in [-0.25, -0.2) is 9.78 Å². The van der Waals surface area contributed by atoms with Gasteiger partial charge in [-0.05, 0) is 66.9 Å². The lowest BCUT2D eigenvalue weighted by atomic mass is 9.77. The van der Waals surface area contributed by atoms with Gasteiger partial charge in [-0.3, -0.25) is 4.79 Å². The van der Waals surface area contributed by atoms with Gasteiger partial charge in [0, 0.05) is 32.7 Å². The maximum absolute atomic E-state index is 12.1. The van der Waals surface area contributed by atoms with Gasteiger partial charge >= 0.3 is 11.9 Å². The maximum atomic E-state index is 12.1. The number of esters is 2. The minimum Gasteiger partial charge on any atom is -0.493 e. The molecule has 0 aliphatic carbocycles. The van der Waals surface area contributed by atoms with Crippen LogP contribution < -0.4 is 9.47 Å². The number of carbonyl (C=O) groups excluding carboxylic acids is 2. The highest BCUT2D eigenvalue weighted by Gasteiger charge is 2.34. The molecule has 0 spiro atoms. The highest BCUT2D eigenvalue weighted by Crippen LogP contribution is 2.42. The first-order valence-electron chi connectivity index (χ1n) is 13.6. The molecule has 0 radical (unpaired) electrons. The van der Waals surface area contributed by atoms with Crippen molar-refractivity contribution >= 4 is 51.5 Å². The van der Waals surface area contributed by atoms with Crippen LogP contribution in [-0.4, -0.2) is 42.6 Å². The lowest BCUT2D eigenvalue weighted by Crippen LogP contribution is -2.32. The van der Waals surface area contributed by atoms with E-state index >= 15 is 0 Å². The van der Waals surface area contributed by atoms with Crippen molar-refractivity contribution in [2.45, 2.75) is 31.8 Å². The van der Waals surface area contributed by atoms with Crippen molar-refractivity contribution in [2.24, 2.45) is 5.92 Å². The third-order valence-corrected chi connectivity index (χ3v) is 8.03. The van der Waals surface area contributed by atoms with Crippen LogP contribution in [0.1, 0.15) is 45.9 Å². The van der Waals surface area contributed by atoms with Crippen molar-refractivity contribution in [2.75, 3.05) is 20.8 Å². The molecular formula is C33H30ClNO6S. The molecule has 2 unspecified atom stereocenters. The smallest absolute Gasteiger partial charge is 0.337 e. The Labute approximate surface area is 254 Å². The van der Waals surface area contributed by atoms with Crippen LogP contribution in [0.3, 0.4) is 0 Å². The van der Waals surface area contributed by atoms with E-state index in [1.165, 1.54) is 14.2 Å². The minimum absolute atomic E-state index is 0.0299. The van der Waals surface area contributed by atoms with Crippen LogP contribution >= 0.6 is 23.8 Å². The molecule has 7 nitrogen and oxygen atoms in total. The van der Waals surface area contributed by atoms with Crippen molar-refractivity contribution < 1.29 is 28.5 Å².